The van der Waals surface area contributed by atoms with Gasteiger partial charge in [-0.2, -0.15) is 4.98 Å². The molecule has 2 N–H and O–H groups in total. The highest BCUT2D eigenvalue weighted by molar-refractivity contribution is 5.51. The lowest BCUT2D eigenvalue weighted by molar-refractivity contribution is 0.0806. The van der Waals surface area contributed by atoms with Crippen molar-refractivity contribution in [2.24, 2.45) is 17.1 Å². The van der Waals surface area contributed by atoms with Gasteiger partial charge in [0.05, 0.1) is 6.26 Å². The second-order valence-corrected chi connectivity index (χ2v) is 6.79. The molecule has 5 nitrogen and oxygen atoms in total. The summed E-state index contributed by atoms with van der Waals surface area (Å²) in [5.74, 6) is 2.57. The van der Waals surface area contributed by atoms with Crippen LogP contribution in [-0.2, 0) is 0 Å². The Hall–Kier alpha value is -1.62. The molecule has 0 spiro atoms. The van der Waals surface area contributed by atoms with Crippen molar-refractivity contribution in [2.75, 3.05) is 0 Å². The molecule has 3 rings (SSSR count). The standard InChI is InChI=1S/C16H23N3O2/c1-9-7-8-20-13(9)14-18-15(21-19-14)11-5-6-12(17)10(2)16(11,3)4/h7-8,10-12H,5-6,17H2,1-4H3. The topological polar surface area (TPSA) is 78.1 Å². The van der Waals surface area contributed by atoms with E-state index in [9.17, 15) is 0 Å². The first-order valence-electron chi connectivity index (χ1n) is 7.55. The molecule has 0 aliphatic heterocycles. The fourth-order valence-corrected chi connectivity index (χ4v) is 3.36. The lowest BCUT2D eigenvalue weighted by Crippen LogP contribution is -2.45. The molecule has 1 fully saturated rings. The van der Waals surface area contributed by atoms with Gasteiger partial charge in [0.2, 0.25) is 11.7 Å². The van der Waals surface area contributed by atoms with Gasteiger partial charge in [0, 0.05) is 12.0 Å². The molecular formula is C16H23N3O2. The van der Waals surface area contributed by atoms with Crippen LogP contribution in [0.1, 0.15) is 51.0 Å². The van der Waals surface area contributed by atoms with Gasteiger partial charge in [0.15, 0.2) is 5.76 Å². The van der Waals surface area contributed by atoms with Crippen LogP contribution in [0.3, 0.4) is 0 Å². The Morgan fingerprint density at radius 2 is 2.10 bits per heavy atom. The third-order valence-corrected chi connectivity index (χ3v) is 5.31. The summed E-state index contributed by atoms with van der Waals surface area (Å²) in [7, 11) is 0. The van der Waals surface area contributed by atoms with Crippen molar-refractivity contribution in [1.29, 1.82) is 0 Å². The van der Waals surface area contributed by atoms with Crippen molar-refractivity contribution in [3.8, 4) is 11.6 Å². The van der Waals surface area contributed by atoms with Gasteiger partial charge in [-0.1, -0.05) is 25.9 Å². The van der Waals surface area contributed by atoms with Crippen molar-refractivity contribution in [2.45, 2.75) is 52.5 Å². The summed E-state index contributed by atoms with van der Waals surface area (Å²) in [6, 6.07) is 2.14. The molecule has 21 heavy (non-hydrogen) atoms. The fraction of sp³-hybridized carbons (Fsp3) is 0.625. The molecule has 0 aromatic carbocycles. The quantitative estimate of drug-likeness (QED) is 0.915. The van der Waals surface area contributed by atoms with Gasteiger partial charge in [0.1, 0.15) is 0 Å². The van der Waals surface area contributed by atoms with Gasteiger partial charge in [0.25, 0.3) is 0 Å². The molecule has 2 heterocycles. The minimum Gasteiger partial charge on any atom is -0.461 e. The van der Waals surface area contributed by atoms with Crippen LogP contribution in [-0.4, -0.2) is 16.2 Å². The summed E-state index contributed by atoms with van der Waals surface area (Å²) in [5.41, 5.74) is 7.27. The summed E-state index contributed by atoms with van der Waals surface area (Å²) in [6.45, 7) is 8.66. The van der Waals surface area contributed by atoms with E-state index in [0.29, 0.717) is 23.4 Å². The molecule has 0 radical (unpaired) electrons. The summed E-state index contributed by atoms with van der Waals surface area (Å²) >= 11 is 0. The fourth-order valence-electron chi connectivity index (χ4n) is 3.36. The number of furan rings is 1. The lowest BCUT2D eigenvalue weighted by Gasteiger charge is -2.45. The highest BCUT2D eigenvalue weighted by Gasteiger charge is 2.45. The molecule has 1 aliphatic rings. The molecule has 2 aromatic rings. The second kappa shape index (κ2) is 4.98. The van der Waals surface area contributed by atoms with Gasteiger partial charge in [-0.25, -0.2) is 0 Å². The Bertz CT molecular complexity index is 629. The minimum atomic E-state index is 0.0413. The average Bonchev–Trinajstić information content (AvgIpc) is 3.05. The van der Waals surface area contributed by atoms with Gasteiger partial charge in [-0.3, -0.25) is 0 Å². The molecule has 3 atom stereocenters. The van der Waals surface area contributed by atoms with E-state index < -0.39 is 0 Å². The molecule has 0 bridgehead atoms. The predicted molar refractivity (Wildman–Crippen MR) is 79.6 cm³/mol. The van der Waals surface area contributed by atoms with Crippen LogP contribution >= 0.6 is 0 Å². The third-order valence-electron chi connectivity index (χ3n) is 5.31. The van der Waals surface area contributed by atoms with E-state index in [1.165, 1.54) is 0 Å². The van der Waals surface area contributed by atoms with Crippen LogP contribution in [0.15, 0.2) is 21.3 Å². The first kappa shape index (κ1) is 14.3. The van der Waals surface area contributed by atoms with Gasteiger partial charge in [-0.05, 0) is 42.7 Å². The molecule has 1 saturated carbocycles. The number of nitrogens with zero attached hydrogens (tertiary/aromatic N) is 2. The summed E-state index contributed by atoms with van der Waals surface area (Å²) in [6.07, 6.45) is 3.62. The SMILES string of the molecule is Cc1ccoc1-c1noc(C2CCC(N)C(C)C2(C)C)n1. The van der Waals surface area contributed by atoms with E-state index in [1.807, 2.05) is 13.0 Å². The summed E-state index contributed by atoms with van der Waals surface area (Å²) in [4.78, 5) is 4.58. The van der Waals surface area contributed by atoms with Crippen LogP contribution in [0.5, 0.6) is 0 Å². The Balaban J connectivity index is 1.91. The average molecular weight is 289 g/mol. The molecule has 1 aliphatic carbocycles. The normalized spacial score (nSPS) is 28.7. The van der Waals surface area contributed by atoms with Crippen LogP contribution in [0.4, 0.5) is 0 Å². The maximum absolute atomic E-state index is 6.21. The monoisotopic (exact) mass is 289 g/mol. The maximum Gasteiger partial charge on any atom is 0.238 e. The highest BCUT2D eigenvalue weighted by Crippen LogP contribution is 2.49. The largest absolute Gasteiger partial charge is 0.461 e. The molecule has 3 unspecified atom stereocenters. The summed E-state index contributed by atoms with van der Waals surface area (Å²) < 4.78 is 11.0. The Morgan fingerprint density at radius 1 is 1.33 bits per heavy atom. The number of aromatic nitrogens is 2. The molecule has 114 valence electrons. The smallest absolute Gasteiger partial charge is 0.238 e. The number of aryl methyl sites for hydroxylation is 1. The Kier molecular flexibility index (Phi) is 3.40. The first-order valence-corrected chi connectivity index (χ1v) is 7.55. The zero-order valence-corrected chi connectivity index (χ0v) is 13.1. The van der Waals surface area contributed by atoms with Gasteiger partial charge >= 0.3 is 0 Å². The number of nitrogens with two attached hydrogens (primary N) is 1. The van der Waals surface area contributed by atoms with Crippen molar-refractivity contribution in [3.05, 3.63) is 23.8 Å². The van der Waals surface area contributed by atoms with Gasteiger partial charge < -0.3 is 14.7 Å². The maximum atomic E-state index is 6.21. The van der Waals surface area contributed by atoms with Crippen molar-refractivity contribution < 1.29 is 8.94 Å². The summed E-state index contributed by atoms with van der Waals surface area (Å²) in [5, 5.41) is 4.09. The van der Waals surface area contributed by atoms with Crippen LogP contribution in [0.2, 0.25) is 0 Å². The van der Waals surface area contributed by atoms with Crippen molar-refractivity contribution >= 4 is 0 Å². The zero-order chi connectivity index (χ0) is 15.2. The predicted octanol–water partition coefficient (Wildman–Crippen LogP) is 3.51. The van der Waals surface area contributed by atoms with Crippen molar-refractivity contribution in [3.63, 3.8) is 0 Å². The Morgan fingerprint density at radius 3 is 2.76 bits per heavy atom. The van der Waals surface area contributed by atoms with E-state index in [1.54, 1.807) is 6.26 Å². The van der Waals surface area contributed by atoms with E-state index >= 15 is 0 Å². The van der Waals surface area contributed by atoms with E-state index in [4.69, 9.17) is 14.7 Å². The van der Waals surface area contributed by atoms with E-state index in [2.05, 4.69) is 30.9 Å². The Labute approximate surface area is 124 Å². The van der Waals surface area contributed by atoms with Crippen LogP contribution in [0.25, 0.3) is 11.6 Å². The zero-order valence-electron chi connectivity index (χ0n) is 13.1. The molecule has 2 aromatic heterocycles. The lowest BCUT2D eigenvalue weighted by atomic mass is 9.61. The third kappa shape index (κ3) is 2.29. The van der Waals surface area contributed by atoms with Gasteiger partial charge in [-0.15, -0.1) is 0 Å². The number of rotatable bonds is 2. The molecule has 0 saturated heterocycles. The second-order valence-electron chi connectivity index (χ2n) is 6.79. The molecular weight excluding hydrogens is 266 g/mol. The minimum absolute atomic E-state index is 0.0413. The van der Waals surface area contributed by atoms with E-state index in [0.717, 1.165) is 18.4 Å². The van der Waals surface area contributed by atoms with Crippen LogP contribution in [0, 0.1) is 18.3 Å². The van der Waals surface area contributed by atoms with Crippen molar-refractivity contribution in [1.82, 2.24) is 10.1 Å². The molecule has 5 heteroatoms. The number of hydrogen-bond donors (Lipinski definition) is 1. The van der Waals surface area contributed by atoms with E-state index in [-0.39, 0.29) is 17.4 Å². The highest BCUT2D eigenvalue weighted by atomic mass is 16.5. The molecule has 0 amide bonds. The first-order chi connectivity index (χ1) is 9.91. The van der Waals surface area contributed by atoms with Crippen LogP contribution < -0.4 is 5.73 Å². The number of hydrogen-bond acceptors (Lipinski definition) is 5.